The average Bonchev–Trinajstić information content (AvgIpc) is 3.71. The van der Waals surface area contributed by atoms with Gasteiger partial charge in [-0.25, -0.2) is 0 Å². The van der Waals surface area contributed by atoms with Crippen molar-refractivity contribution in [3.8, 4) is 22.3 Å². The first-order chi connectivity index (χ1) is 34.2. The Morgan fingerprint density at radius 3 is 1.36 bits per heavy atom. The Labute approximate surface area is 403 Å². The third kappa shape index (κ3) is 6.80. The molecule has 69 heavy (non-hydrogen) atoms. The summed E-state index contributed by atoms with van der Waals surface area (Å²) in [6.07, 6.45) is 0. The number of nitrogens with zero attached hydrogens (tertiary/aromatic N) is 2. The maximum Gasteiger partial charge on any atom is 0.0713 e. The lowest BCUT2D eigenvalue weighted by Gasteiger charge is -2.34. The van der Waals surface area contributed by atoms with Crippen LogP contribution in [0.1, 0.15) is 22.3 Å². The van der Waals surface area contributed by atoms with Gasteiger partial charge in [0.25, 0.3) is 0 Å². The van der Waals surface area contributed by atoms with Crippen LogP contribution >= 0.6 is 0 Å². The molecule has 0 atom stereocenters. The monoisotopic (exact) mass is 878 g/mol. The second-order valence-corrected chi connectivity index (χ2v) is 18.1. The lowest BCUT2D eigenvalue weighted by molar-refractivity contribution is 0.769. The lowest BCUT2D eigenvalue weighted by atomic mass is 9.67. The molecule has 0 fully saturated rings. The van der Waals surface area contributed by atoms with Crippen LogP contribution < -0.4 is 9.80 Å². The maximum atomic E-state index is 2.50. The van der Waals surface area contributed by atoms with E-state index in [-0.39, 0.29) is 0 Å². The quantitative estimate of drug-likeness (QED) is 0.133. The van der Waals surface area contributed by atoms with E-state index < -0.39 is 5.41 Å². The fourth-order valence-electron chi connectivity index (χ4n) is 11.1. The molecule has 12 aromatic rings. The molecule has 0 saturated carbocycles. The third-order valence-electron chi connectivity index (χ3n) is 14.2. The topological polar surface area (TPSA) is 6.48 Å². The van der Waals surface area contributed by atoms with Crippen LogP contribution in [0.4, 0.5) is 34.1 Å². The van der Waals surface area contributed by atoms with Gasteiger partial charge >= 0.3 is 0 Å². The fourth-order valence-corrected chi connectivity index (χ4v) is 11.1. The maximum absolute atomic E-state index is 2.50. The molecule has 13 rings (SSSR count). The minimum absolute atomic E-state index is 0.547. The minimum atomic E-state index is -0.547. The smallest absolute Gasteiger partial charge is 0.0713 e. The molecule has 0 amide bonds. The predicted molar refractivity (Wildman–Crippen MR) is 291 cm³/mol. The van der Waals surface area contributed by atoms with E-state index >= 15 is 0 Å². The number of rotatable bonds is 9. The molecule has 1 aliphatic carbocycles. The molecule has 0 N–H and O–H groups in total. The number of benzene rings is 12. The molecule has 324 valence electrons. The first-order valence-corrected chi connectivity index (χ1v) is 23.8. The van der Waals surface area contributed by atoms with Crippen molar-refractivity contribution in [3.05, 3.63) is 301 Å². The third-order valence-corrected chi connectivity index (χ3v) is 14.2. The molecular weight excluding hydrogens is 833 g/mol. The first-order valence-electron chi connectivity index (χ1n) is 23.8. The number of para-hydroxylation sites is 2. The first kappa shape index (κ1) is 40.3. The number of hydrogen-bond donors (Lipinski definition) is 0. The average molecular weight is 879 g/mol. The molecule has 12 aromatic carbocycles. The van der Waals surface area contributed by atoms with Gasteiger partial charge in [-0.05, 0) is 162 Å². The van der Waals surface area contributed by atoms with Crippen LogP contribution in [0.15, 0.2) is 279 Å². The highest BCUT2D eigenvalue weighted by Gasteiger charge is 2.46. The Kier molecular flexibility index (Phi) is 9.77. The summed E-state index contributed by atoms with van der Waals surface area (Å²) in [5.74, 6) is 0. The lowest BCUT2D eigenvalue weighted by Crippen LogP contribution is -2.28. The van der Waals surface area contributed by atoms with E-state index in [2.05, 4.69) is 289 Å². The van der Waals surface area contributed by atoms with Crippen LogP contribution in [0.25, 0.3) is 54.6 Å². The predicted octanol–water partition coefficient (Wildman–Crippen LogP) is 18.1. The van der Waals surface area contributed by atoms with Crippen LogP contribution in [0.3, 0.4) is 0 Å². The zero-order valence-electron chi connectivity index (χ0n) is 38.0. The minimum Gasteiger partial charge on any atom is -0.310 e. The number of fused-ring (bicyclic) bond motifs is 7. The van der Waals surface area contributed by atoms with Gasteiger partial charge in [-0.2, -0.15) is 0 Å². The molecule has 1 aliphatic rings. The summed E-state index contributed by atoms with van der Waals surface area (Å²) in [5, 5.41) is 7.51. The molecule has 2 nitrogen and oxygen atoms in total. The Morgan fingerprint density at radius 1 is 0.232 bits per heavy atom. The molecule has 0 radical (unpaired) electrons. The van der Waals surface area contributed by atoms with E-state index in [1.165, 1.54) is 76.8 Å². The second-order valence-electron chi connectivity index (χ2n) is 18.1. The molecule has 0 unspecified atom stereocenters. The highest BCUT2D eigenvalue weighted by atomic mass is 15.2. The largest absolute Gasteiger partial charge is 0.310 e. The van der Waals surface area contributed by atoms with Crippen LogP contribution in [-0.2, 0) is 5.41 Å². The summed E-state index contributed by atoms with van der Waals surface area (Å²) in [6, 6.07) is 102. The normalized spacial score (nSPS) is 12.5. The molecule has 0 aromatic heterocycles. The van der Waals surface area contributed by atoms with Crippen LogP contribution in [0, 0.1) is 0 Å². The van der Waals surface area contributed by atoms with Gasteiger partial charge < -0.3 is 9.80 Å². The highest BCUT2D eigenvalue weighted by molar-refractivity contribution is 6.10. The Hall–Kier alpha value is -8.98. The van der Waals surface area contributed by atoms with Gasteiger partial charge in [-0.15, -0.1) is 0 Å². The Balaban J connectivity index is 0.983. The number of anilines is 6. The van der Waals surface area contributed by atoms with Gasteiger partial charge in [0.05, 0.1) is 5.41 Å². The molecule has 0 bridgehead atoms. The molecule has 0 saturated heterocycles. The van der Waals surface area contributed by atoms with Crippen LogP contribution in [0.5, 0.6) is 0 Å². The second kappa shape index (κ2) is 16.7. The summed E-state index contributed by atoms with van der Waals surface area (Å²) < 4.78 is 0. The van der Waals surface area contributed by atoms with E-state index in [1.54, 1.807) is 0 Å². The van der Waals surface area contributed by atoms with Crippen molar-refractivity contribution in [1.29, 1.82) is 0 Å². The van der Waals surface area contributed by atoms with E-state index in [1.807, 2.05) is 0 Å². The van der Waals surface area contributed by atoms with Crippen molar-refractivity contribution < 1.29 is 0 Å². The SMILES string of the molecule is c1ccc(N(c2ccc(-c3ccc4ccccc4c3)cc2)c2cccc(N(c3ccccc3)c3ccc4c(c3)-c3cc5ccc6ccccc6c5cc3C4(c3ccccc3)c3ccccc3)c2)cc1. The number of hydrogen-bond acceptors (Lipinski definition) is 2. The molecular formula is C67H46N2. The van der Waals surface area contributed by atoms with Crippen molar-refractivity contribution in [3.63, 3.8) is 0 Å². The Bertz CT molecular complexity index is 3790. The highest BCUT2D eigenvalue weighted by Crippen LogP contribution is 2.58. The molecule has 0 spiro atoms. The van der Waals surface area contributed by atoms with Crippen molar-refractivity contribution in [1.82, 2.24) is 0 Å². The van der Waals surface area contributed by atoms with Gasteiger partial charge in [0.2, 0.25) is 0 Å². The van der Waals surface area contributed by atoms with Gasteiger partial charge in [0.15, 0.2) is 0 Å². The van der Waals surface area contributed by atoms with Crippen molar-refractivity contribution >= 4 is 66.4 Å². The molecule has 0 heterocycles. The molecule has 2 heteroatoms. The van der Waals surface area contributed by atoms with Crippen molar-refractivity contribution in [2.75, 3.05) is 9.80 Å². The van der Waals surface area contributed by atoms with Crippen molar-refractivity contribution in [2.45, 2.75) is 5.41 Å². The van der Waals surface area contributed by atoms with Crippen molar-refractivity contribution in [2.24, 2.45) is 0 Å². The van der Waals surface area contributed by atoms with Gasteiger partial charge in [0, 0.05) is 34.1 Å². The summed E-state index contributed by atoms with van der Waals surface area (Å²) in [5.41, 5.74) is 15.9. The Morgan fingerprint density at radius 2 is 0.696 bits per heavy atom. The van der Waals surface area contributed by atoms with E-state index in [0.29, 0.717) is 0 Å². The van der Waals surface area contributed by atoms with Crippen LogP contribution in [0.2, 0.25) is 0 Å². The summed E-state index contributed by atoms with van der Waals surface area (Å²) in [6.45, 7) is 0. The summed E-state index contributed by atoms with van der Waals surface area (Å²) in [7, 11) is 0. The summed E-state index contributed by atoms with van der Waals surface area (Å²) >= 11 is 0. The molecule has 0 aliphatic heterocycles. The fraction of sp³-hybridized carbons (Fsp3) is 0.0149. The van der Waals surface area contributed by atoms with Gasteiger partial charge in [-0.3, -0.25) is 0 Å². The standard InChI is InChI=1S/C67H46N2/c1-5-21-53(22-6-1)67(54-23-7-2-8-24-54)65-41-40-60(45-64(65)63-43-52-35-33-49-19-15-16-31-61(49)62(52)46-66(63)67)69(56-27-11-4-12-28-56)59-30-17-29-58(44-59)68(55-25-9-3-10-26-55)57-38-36-48(37-39-57)51-34-32-47-18-13-14-20-50(47)42-51/h1-46H. The van der Waals surface area contributed by atoms with Gasteiger partial charge in [0.1, 0.15) is 0 Å². The zero-order valence-corrected chi connectivity index (χ0v) is 38.0. The zero-order chi connectivity index (χ0) is 45.7. The van der Waals surface area contributed by atoms with E-state index in [9.17, 15) is 0 Å². The summed E-state index contributed by atoms with van der Waals surface area (Å²) in [4.78, 5) is 4.77. The van der Waals surface area contributed by atoms with E-state index in [0.717, 1.165) is 34.1 Å². The van der Waals surface area contributed by atoms with Crippen LogP contribution in [-0.4, -0.2) is 0 Å². The van der Waals surface area contributed by atoms with Gasteiger partial charge in [-0.1, -0.05) is 194 Å². The van der Waals surface area contributed by atoms with E-state index in [4.69, 9.17) is 0 Å².